The molecule has 1 aromatic rings. The van der Waals surface area contributed by atoms with E-state index in [1.54, 1.807) is 18.2 Å². The summed E-state index contributed by atoms with van der Waals surface area (Å²) in [7, 11) is 0. The number of fused-ring (bicyclic) bond motifs is 1. The molecule has 0 aromatic heterocycles. The molecule has 1 saturated heterocycles. The third kappa shape index (κ3) is 3.36. The molecule has 0 bridgehead atoms. The van der Waals surface area contributed by atoms with Crippen LogP contribution in [0.4, 0.5) is 5.69 Å². The SMILES string of the molecule is CC(=O)c1cccc(NC(=O)CC2NNC3CCCCC32)c1. The number of ketones is 1. The van der Waals surface area contributed by atoms with Gasteiger partial charge in [-0.25, -0.2) is 0 Å². The minimum Gasteiger partial charge on any atom is -0.326 e. The summed E-state index contributed by atoms with van der Waals surface area (Å²) in [5.74, 6) is 0.539. The fourth-order valence-electron chi connectivity index (χ4n) is 3.57. The Balaban J connectivity index is 1.58. The number of hydrogen-bond acceptors (Lipinski definition) is 4. The van der Waals surface area contributed by atoms with E-state index in [9.17, 15) is 9.59 Å². The van der Waals surface area contributed by atoms with Crippen molar-refractivity contribution in [2.24, 2.45) is 5.92 Å². The molecule has 3 N–H and O–H groups in total. The standard InChI is InChI=1S/C17H23N3O2/c1-11(21)12-5-4-6-13(9-12)18-17(22)10-16-14-7-2-3-8-15(14)19-20-16/h4-6,9,14-16,19-20H,2-3,7-8,10H2,1H3,(H,18,22). The van der Waals surface area contributed by atoms with Crippen LogP contribution < -0.4 is 16.2 Å². The zero-order valence-electron chi connectivity index (χ0n) is 12.9. The van der Waals surface area contributed by atoms with Gasteiger partial charge in [-0.05, 0) is 37.8 Å². The quantitative estimate of drug-likeness (QED) is 0.746. The summed E-state index contributed by atoms with van der Waals surface area (Å²) in [6.45, 7) is 1.53. The first-order chi connectivity index (χ1) is 10.6. The zero-order chi connectivity index (χ0) is 15.5. The van der Waals surface area contributed by atoms with E-state index in [0.717, 1.165) is 0 Å². The van der Waals surface area contributed by atoms with Crippen molar-refractivity contribution in [3.63, 3.8) is 0 Å². The number of rotatable bonds is 4. The summed E-state index contributed by atoms with van der Waals surface area (Å²) in [6, 6.07) is 7.79. The van der Waals surface area contributed by atoms with Gasteiger partial charge < -0.3 is 5.32 Å². The maximum Gasteiger partial charge on any atom is 0.226 e. The highest BCUT2D eigenvalue weighted by Crippen LogP contribution is 2.31. The van der Waals surface area contributed by atoms with Crippen molar-refractivity contribution in [3.05, 3.63) is 29.8 Å². The van der Waals surface area contributed by atoms with Gasteiger partial charge in [0.25, 0.3) is 0 Å². The predicted octanol–water partition coefficient (Wildman–Crippen LogP) is 2.25. The normalized spacial score (nSPS) is 27.2. The summed E-state index contributed by atoms with van der Waals surface area (Å²) in [5, 5.41) is 2.90. The van der Waals surface area contributed by atoms with Crippen LogP contribution in [0.5, 0.6) is 0 Å². The van der Waals surface area contributed by atoms with Crippen LogP contribution in [-0.4, -0.2) is 23.8 Å². The van der Waals surface area contributed by atoms with Gasteiger partial charge in [-0.3, -0.25) is 20.4 Å². The number of benzene rings is 1. The molecule has 118 valence electrons. The van der Waals surface area contributed by atoms with E-state index in [1.807, 2.05) is 6.07 Å². The van der Waals surface area contributed by atoms with Gasteiger partial charge >= 0.3 is 0 Å². The summed E-state index contributed by atoms with van der Waals surface area (Å²) in [5.41, 5.74) is 7.91. The van der Waals surface area contributed by atoms with Crippen LogP contribution in [0.1, 0.15) is 49.4 Å². The monoisotopic (exact) mass is 301 g/mol. The molecular weight excluding hydrogens is 278 g/mol. The van der Waals surface area contributed by atoms with Crippen molar-refractivity contribution in [2.75, 3.05) is 5.32 Å². The second kappa shape index (κ2) is 6.58. The number of Topliss-reactive ketones (excluding diaryl/α,β-unsaturated/α-hetero) is 1. The molecule has 3 atom stereocenters. The molecule has 1 aliphatic carbocycles. The van der Waals surface area contributed by atoms with Gasteiger partial charge in [-0.1, -0.05) is 25.0 Å². The molecule has 0 radical (unpaired) electrons. The van der Waals surface area contributed by atoms with Crippen LogP contribution in [0.15, 0.2) is 24.3 Å². The van der Waals surface area contributed by atoms with E-state index in [2.05, 4.69) is 16.2 Å². The molecule has 0 spiro atoms. The van der Waals surface area contributed by atoms with Gasteiger partial charge in [-0.2, -0.15) is 0 Å². The van der Waals surface area contributed by atoms with E-state index in [0.29, 0.717) is 29.6 Å². The number of hydrazine groups is 1. The van der Waals surface area contributed by atoms with Crippen molar-refractivity contribution in [3.8, 4) is 0 Å². The maximum absolute atomic E-state index is 12.3. The second-order valence-electron chi connectivity index (χ2n) is 6.34. The van der Waals surface area contributed by atoms with Crippen molar-refractivity contribution in [1.82, 2.24) is 10.9 Å². The molecule has 2 aliphatic rings. The van der Waals surface area contributed by atoms with Crippen molar-refractivity contribution < 1.29 is 9.59 Å². The Kier molecular flexibility index (Phi) is 4.55. The first kappa shape index (κ1) is 15.2. The van der Waals surface area contributed by atoms with Crippen molar-refractivity contribution >= 4 is 17.4 Å². The Morgan fingerprint density at radius 3 is 2.86 bits per heavy atom. The van der Waals surface area contributed by atoms with Gasteiger partial charge in [-0.15, -0.1) is 0 Å². The highest BCUT2D eigenvalue weighted by Gasteiger charge is 2.37. The van der Waals surface area contributed by atoms with E-state index in [4.69, 9.17) is 0 Å². The van der Waals surface area contributed by atoms with Crippen LogP contribution in [0, 0.1) is 5.92 Å². The van der Waals surface area contributed by atoms with Crippen LogP contribution in [0.2, 0.25) is 0 Å². The Hall–Kier alpha value is -1.72. The number of nitrogens with one attached hydrogen (secondary N) is 3. The lowest BCUT2D eigenvalue weighted by Crippen LogP contribution is -2.35. The van der Waals surface area contributed by atoms with Gasteiger partial charge in [0, 0.05) is 29.8 Å². The molecule has 3 unspecified atom stereocenters. The van der Waals surface area contributed by atoms with Crippen molar-refractivity contribution in [1.29, 1.82) is 0 Å². The van der Waals surface area contributed by atoms with Crippen LogP contribution in [0.25, 0.3) is 0 Å². The Morgan fingerprint density at radius 1 is 1.23 bits per heavy atom. The lowest BCUT2D eigenvalue weighted by Gasteiger charge is -2.26. The van der Waals surface area contributed by atoms with E-state index in [1.165, 1.54) is 32.6 Å². The Bertz CT molecular complexity index is 573. The van der Waals surface area contributed by atoms with Crippen LogP contribution in [0.3, 0.4) is 0 Å². The molecule has 1 aromatic carbocycles. The summed E-state index contributed by atoms with van der Waals surface area (Å²) >= 11 is 0. The predicted molar refractivity (Wildman–Crippen MR) is 85.5 cm³/mol. The van der Waals surface area contributed by atoms with Crippen LogP contribution >= 0.6 is 0 Å². The van der Waals surface area contributed by atoms with Crippen LogP contribution in [-0.2, 0) is 4.79 Å². The molecule has 1 amide bonds. The van der Waals surface area contributed by atoms with Gasteiger partial charge in [0.15, 0.2) is 5.78 Å². The summed E-state index contributed by atoms with van der Waals surface area (Å²) in [4.78, 5) is 23.6. The third-order valence-corrected chi connectivity index (χ3v) is 4.75. The van der Waals surface area contributed by atoms with Gasteiger partial charge in [0.05, 0.1) is 0 Å². The van der Waals surface area contributed by atoms with Crippen molar-refractivity contribution in [2.45, 2.75) is 51.1 Å². The maximum atomic E-state index is 12.3. The topological polar surface area (TPSA) is 70.2 Å². The molecule has 22 heavy (non-hydrogen) atoms. The summed E-state index contributed by atoms with van der Waals surface area (Å²) in [6.07, 6.45) is 5.35. The molecule has 5 nitrogen and oxygen atoms in total. The Labute approximate surface area is 130 Å². The first-order valence-corrected chi connectivity index (χ1v) is 8.05. The largest absolute Gasteiger partial charge is 0.326 e. The fourth-order valence-corrected chi connectivity index (χ4v) is 3.57. The minimum atomic E-state index is -0.00812. The molecule has 3 rings (SSSR count). The van der Waals surface area contributed by atoms with E-state index in [-0.39, 0.29) is 17.7 Å². The summed E-state index contributed by atoms with van der Waals surface area (Å²) < 4.78 is 0. The Morgan fingerprint density at radius 2 is 2.05 bits per heavy atom. The average Bonchev–Trinajstić information content (AvgIpc) is 2.91. The van der Waals surface area contributed by atoms with E-state index < -0.39 is 0 Å². The average molecular weight is 301 g/mol. The number of carbonyl (C=O) groups excluding carboxylic acids is 2. The number of carbonyl (C=O) groups is 2. The molecule has 5 heteroatoms. The zero-order valence-corrected chi connectivity index (χ0v) is 12.9. The van der Waals surface area contributed by atoms with Gasteiger partial charge in [0.1, 0.15) is 0 Å². The lowest BCUT2D eigenvalue weighted by molar-refractivity contribution is -0.116. The molecule has 1 saturated carbocycles. The number of hydrogen-bond donors (Lipinski definition) is 3. The fraction of sp³-hybridized carbons (Fsp3) is 0.529. The smallest absolute Gasteiger partial charge is 0.226 e. The highest BCUT2D eigenvalue weighted by atomic mass is 16.1. The van der Waals surface area contributed by atoms with Gasteiger partial charge in [0.2, 0.25) is 5.91 Å². The highest BCUT2D eigenvalue weighted by molar-refractivity contribution is 5.97. The third-order valence-electron chi connectivity index (χ3n) is 4.75. The number of anilines is 1. The second-order valence-corrected chi connectivity index (χ2v) is 6.34. The first-order valence-electron chi connectivity index (χ1n) is 8.05. The molecular formula is C17H23N3O2. The number of amides is 1. The van der Waals surface area contributed by atoms with E-state index >= 15 is 0 Å². The molecule has 1 aliphatic heterocycles. The molecule has 2 fully saturated rings. The lowest BCUT2D eigenvalue weighted by atomic mass is 9.81. The minimum absolute atomic E-state index is 0.00260. The molecule has 1 heterocycles.